The van der Waals surface area contributed by atoms with E-state index in [9.17, 15) is 10.2 Å². The largest absolute Gasteiger partial charge is 0.390 e. The average Bonchev–Trinajstić information content (AvgIpc) is 2.35. The Hall–Kier alpha value is -1.19. The number of nitrogens with zero attached hydrogens (tertiary/aromatic N) is 2. The van der Waals surface area contributed by atoms with Gasteiger partial charge in [-0.2, -0.15) is 5.26 Å². The fourth-order valence-electron chi connectivity index (χ4n) is 1.38. The molecule has 3 N–H and O–H groups in total. The third-order valence-electron chi connectivity index (χ3n) is 2.38. The van der Waals surface area contributed by atoms with Crippen LogP contribution in [0, 0.1) is 11.3 Å². The minimum Gasteiger partial charge on any atom is -0.390 e. The summed E-state index contributed by atoms with van der Waals surface area (Å²) in [6.07, 6.45) is -0.212. The number of aliphatic hydroxyl groups excluding tert-OH is 2. The zero-order valence-electron chi connectivity index (χ0n) is 9.39. The zero-order chi connectivity index (χ0) is 12.8. The molecule has 1 rings (SSSR count). The van der Waals surface area contributed by atoms with Gasteiger partial charge in [0.2, 0.25) is 0 Å². The van der Waals surface area contributed by atoms with Crippen molar-refractivity contribution in [2.75, 3.05) is 13.6 Å². The predicted molar refractivity (Wildman–Crippen MR) is 63.5 cm³/mol. The van der Waals surface area contributed by atoms with Gasteiger partial charge in [-0.3, -0.25) is 0 Å². The number of pyridine rings is 1. The topological polar surface area (TPSA) is 89.2 Å². The van der Waals surface area contributed by atoms with E-state index in [4.69, 9.17) is 16.9 Å². The monoisotopic (exact) mass is 255 g/mol. The van der Waals surface area contributed by atoms with E-state index in [1.54, 1.807) is 7.05 Å². The van der Waals surface area contributed by atoms with Crippen molar-refractivity contribution in [2.45, 2.75) is 18.6 Å². The fraction of sp³-hybridized carbons (Fsp3) is 0.455. The first-order valence-electron chi connectivity index (χ1n) is 5.16. The number of rotatable bonds is 5. The molecule has 2 unspecified atom stereocenters. The van der Waals surface area contributed by atoms with E-state index in [1.807, 2.05) is 6.07 Å². The van der Waals surface area contributed by atoms with Crippen LogP contribution in [0.15, 0.2) is 12.3 Å². The second-order valence-corrected chi connectivity index (χ2v) is 3.98. The van der Waals surface area contributed by atoms with Crippen LogP contribution in [0.2, 0.25) is 5.15 Å². The molecule has 92 valence electrons. The maximum Gasteiger partial charge on any atom is 0.146 e. The molecule has 2 atom stereocenters. The van der Waals surface area contributed by atoms with E-state index in [0.29, 0.717) is 18.5 Å². The van der Waals surface area contributed by atoms with Crippen molar-refractivity contribution in [3.8, 4) is 6.07 Å². The summed E-state index contributed by atoms with van der Waals surface area (Å²) < 4.78 is 0. The van der Waals surface area contributed by atoms with E-state index >= 15 is 0 Å². The van der Waals surface area contributed by atoms with Crippen LogP contribution in [0.25, 0.3) is 0 Å². The lowest BCUT2D eigenvalue weighted by Gasteiger charge is -2.17. The molecule has 0 bridgehead atoms. The summed E-state index contributed by atoms with van der Waals surface area (Å²) in [5.41, 5.74) is 0.568. The highest BCUT2D eigenvalue weighted by Gasteiger charge is 2.19. The Morgan fingerprint density at radius 2 is 2.29 bits per heavy atom. The number of halogens is 1. The van der Waals surface area contributed by atoms with Crippen molar-refractivity contribution >= 4 is 11.6 Å². The van der Waals surface area contributed by atoms with Gasteiger partial charge in [0.1, 0.15) is 17.3 Å². The number of hydrogen-bond acceptors (Lipinski definition) is 5. The molecule has 0 amide bonds. The summed E-state index contributed by atoms with van der Waals surface area (Å²) in [7, 11) is 1.76. The maximum absolute atomic E-state index is 9.86. The predicted octanol–water partition coefficient (Wildman–Crippen LogP) is 0.610. The van der Waals surface area contributed by atoms with Gasteiger partial charge >= 0.3 is 0 Å². The van der Waals surface area contributed by atoms with Crippen LogP contribution >= 0.6 is 11.6 Å². The minimum absolute atomic E-state index is 0.0909. The molecule has 0 spiro atoms. The van der Waals surface area contributed by atoms with Gasteiger partial charge in [0.25, 0.3) is 0 Å². The van der Waals surface area contributed by atoms with Crippen molar-refractivity contribution in [1.82, 2.24) is 10.3 Å². The molecule has 0 saturated carbocycles. The number of nitriles is 1. The molecule has 0 radical (unpaired) electrons. The Balaban J connectivity index is 2.82. The molecule has 1 heterocycles. The molecule has 0 saturated heterocycles. The van der Waals surface area contributed by atoms with Gasteiger partial charge < -0.3 is 15.5 Å². The van der Waals surface area contributed by atoms with Crippen molar-refractivity contribution in [1.29, 1.82) is 5.26 Å². The molecule has 1 aromatic rings. The molecule has 17 heavy (non-hydrogen) atoms. The van der Waals surface area contributed by atoms with Gasteiger partial charge in [-0.05, 0) is 26.1 Å². The van der Waals surface area contributed by atoms with Crippen LogP contribution < -0.4 is 5.32 Å². The number of aromatic nitrogens is 1. The molecule has 0 aliphatic carbocycles. The highest BCUT2D eigenvalue weighted by molar-refractivity contribution is 6.30. The van der Waals surface area contributed by atoms with Crippen molar-refractivity contribution in [3.05, 3.63) is 28.5 Å². The van der Waals surface area contributed by atoms with Gasteiger partial charge in [-0.1, -0.05) is 11.6 Å². The van der Waals surface area contributed by atoms with Crippen LogP contribution in [0.1, 0.15) is 23.7 Å². The standard InChI is InChI=1S/C11H14ClN3O2/c1-14-3-2-9(16)10(17)8-4-7(5-13)11(12)15-6-8/h4,6,9-10,14,16-17H,2-3H2,1H3. The van der Waals surface area contributed by atoms with Crippen molar-refractivity contribution in [3.63, 3.8) is 0 Å². The van der Waals surface area contributed by atoms with E-state index < -0.39 is 12.2 Å². The quantitative estimate of drug-likeness (QED) is 0.671. The Morgan fingerprint density at radius 1 is 1.59 bits per heavy atom. The molecule has 0 fully saturated rings. The lowest BCUT2D eigenvalue weighted by molar-refractivity contribution is 0.0138. The fourth-order valence-corrected chi connectivity index (χ4v) is 1.52. The molecular weight excluding hydrogens is 242 g/mol. The van der Waals surface area contributed by atoms with Gasteiger partial charge in [-0.15, -0.1) is 0 Å². The SMILES string of the molecule is CNCCC(O)C(O)c1cnc(Cl)c(C#N)c1. The Morgan fingerprint density at radius 3 is 2.88 bits per heavy atom. The molecule has 6 heteroatoms. The number of aliphatic hydroxyl groups is 2. The molecule has 0 aliphatic heterocycles. The van der Waals surface area contributed by atoms with Crippen LogP contribution in [0.4, 0.5) is 0 Å². The smallest absolute Gasteiger partial charge is 0.146 e. The Bertz CT molecular complexity index is 420. The van der Waals surface area contributed by atoms with Crippen LogP contribution in [0.3, 0.4) is 0 Å². The minimum atomic E-state index is -1.07. The zero-order valence-corrected chi connectivity index (χ0v) is 10.1. The summed E-state index contributed by atoms with van der Waals surface area (Å²) in [6.45, 7) is 0.588. The lowest BCUT2D eigenvalue weighted by atomic mass is 10.0. The highest BCUT2D eigenvalue weighted by atomic mass is 35.5. The summed E-state index contributed by atoms with van der Waals surface area (Å²) in [5.74, 6) is 0. The molecule has 0 aromatic carbocycles. The molecule has 0 aliphatic rings. The molecular formula is C11H14ClN3O2. The third-order valence-corrected chi connectivity index (χ3v) is 2.68. The summed E-state index contributed by atoms with van der Waals surface area (Å²) in [5, 5.41) is 31.3. The van der Waals surface area contributed by atoms with Crippen molar-refractivity contribution in [2.24, 2.45) is 0 Å². The second kappa shape index (κ2) is 6.52. The maximum atomic E-state index is 9.86. The van der Waals surface area contributed by atoms with E-state index in [2.05, 4.69) is 10.3 Å². The Labute approximate surface area is 105 Å². The van der Waals surface area contributed by atoms with E-state index in [-0.39, 0.29) is 10.7 Å². The third kappa shape index (κ3) is 3.65. The van der Waals surface area contributed by atoms with Gasteiger partial charge in [0, 0.05) is 11.8 Å². The molecule has 1 aromatic heterocycles. The summed E-state index contributed by atoms with van der Waals surface area (Å²) in [4.78, 5) is 3.79. The number of hydrogen-bond donors (Lipinski definition) is 3. The number of nitrogens with one attached hydrogen (secondary N) is 1. The van der Waals surface area contributed by atoms with E-state index in [0.717, 1.165) is 0 Å². The van der Waals surface area contributed by atoms with Gasteiger partial charge in [-0.25, -0.2) is 4.98 Å². The normalized spacial score (nSPS) is 14.1. The van der Waals surface area contributed by atoms with Crippen LogP contribution in [-0.2, 0) is 0 Å². The summed E-state index contributed by atoms with van der Waals surface area (Å²) >= 11 is 5.68. The Kier molecular flexibility index (Phi) is 5.32. The van der Waals surface area contributed by atoms with Gasteiger partial charge in [0.15, 0.2) is 0 Å². The van der Waals surface area contributed by atoms with Crippen molar-refractivity contribution < 1.29 is 10.2 Å². The van der Waals surface area contributed by atoms with Gasteiger partial charge in [0.05, 0.1) is 11.7 Å². The first kappa shape index (κ1) is 13.9. The summed E-state index contributed by atoms with van der Waals surface area (Å²) in [6, 6.07) is 3.31. The second-order valence-electron chi connectivity index (χ2n) is 3.62. The average molecular weight is 256 g/mol. The first-order chi connectivity index (χ1) is 8.10. The highest BCUT2D eigenvalue weighted by Crippen LogP contribution is 2.21. The van der Waals surface area contributed by atoms with E-state index in [1.165, 1.54) is 12.3 Å². The van der Waals surface area contributed by atoms with Crippen LogP contribution in [0.5, 0.6) is 0 Å². The molecule has 5 nitrogen and oxygen atoms in total. The van der Waals surface area contributed by atoms with Crippen LogP contribution in [-0.4, -0.2) is 34.9 Å². The first-order valence-corrected chi connectivity index (χ1v) is 5.54. The lowest BCUT2D eigenvalue weighted by Crippen LogP contribution is -2.23.